The molecule has 1 aromatic carbocycles. The number of pyridine rings is 1. The first-order valence-corrected chi connectivity index (χ1v) is 12.9. The third kappa shape index (κ3) is 8.15. The van der Waals surface area contributed by atoms with Crippen molar-refractivity contribution in [2.75, 3.05) is 52.9 Å². The zero-order valence-corrected chi connectivity index (χ0v) is 21.5. The number of nitrogens with zero attached hydrogens (tertiary/aromatic N) is 1. The summed E-state index contributed by atoms with van der Waals surface area (Å²) in [6.45, 7) is 4.25. The first kappa shape index (κ1) is 27.8. The second-order valence-corrected chi connectivity index (χ2v) is 9.44. The van der Waals surface area contributed by atoms with Gasteiger partial charge in [0.05, 0.1) is 88.6 Å². The molecule has 38 heavy (non-hydrogen) atoms. The maximum atomic E-state index is 11.5. The maximum absolute atomic E-state index is 11.5. The lowest BCUT2D eigenvalue weighted by molar-refractivity contribution is -0.0152. The van der Waals surface area contributed by atoms with Gasteiger partial charge in [0, 0.05) is 9.75 Å². The number of ether oxygens (including phenoxy) is 5. The molecule has 4 rings (SSSR count). The molecule has 0 aliphatic carbocycles. The van der Waals surface area contributed by atoms with E-state index in [4.69, 9.17) is 23.7 Å². The third-order valence-corrected chi connectivity index (χ3v) is 6.70. The zero-order valence-electron chi connectivity index (χ0n) is 20.7. The summed E-state index contributed by atoms with van der Waals surface area (Å²) in [5.74, 6) is -2.37. The number of aromatic nitrogens is 1. The molecule has 3 aromatic rings. The number of carbonyl (C=O) groups is 2. The van der Waals surface area contributed by atoms with E-state index in [1.807, 2.05) is 24.3 Å². The fourth-order valence-corrected chi connectivity index (χ4v) is 4.72. The number of thiophene rings is 1. The summed E-state index contributed by atoms with van der Waals surface area (Å²) < 4.78 is 28.0. The van der Waals surface area contributed by atoms with Crippen LogP contribution in [0, 0.1) is 0 Å². The van der Waals surface area contributed by atoms with Gasteiger partial charge in [-0.15, -0.1) is 11.3 Å². The van der Waals surface area contributed by atoms with Gasteiger partial charge in [0.2, 0.25) is 0 Å². The Balaban J connectivity index is 1.56. The fraction of sp³-hybridized carbons (Fsp3) is 0.370. The fourth-order valence-electron chi connectivity index (χ4n) is 3.74. The number of carboxylic acids is 2. The Morgan fingerprint density at radius 3 is 1.42 bits per heavy atom. The number of aromatic carboxylic acids is 2. The molecule has 0 amide bonds. The predicted octanol–water partition coefficient (Wildman–Crippen LogP) is 3.97. The van der Waals surface area contributed by atoms with E-state index in [2.05, 4.69) is 4.98 Å². The van der Waals surface area contributed by atoms with Crippen molar-refractivity contribution in [3.8, 4) is 20.9 Å². The van der Waals surface area contributed by atoms with Crippen LogP contribution in [0.25, 0.3) is 20.9 Å². The van der Waals surface area contributed by atoms with Gasteiger partial charge in [0.1, 0.15) is 0 Å². The first-order valence-electron chi connectivity index (χ1n) is 12.1. The van der Waals surface area contributed by atoms with Crippen molar-refractivity contribution in [1.82, 2.24) is 4.98 Å². The Morgan fingerprint density at radius 2 is 1.00 bits per heavy atom. The molecule has 0 atom stereocenters. The summed E-state index contributed by atoms with van der Waals surface area (Å²) in [6.07, 6.45) is 0. The molecule has 11 heteroatoms. The van der Waals surface area contributed by atoms with E-state index in [0.29, 0.717) is 71.6 Å². The SMILES string of the molecule is O=C(O)c1cc(C(=O)O)cc(-c2ccc(-c3cc4nc(c3)COCCOCCOCCOCCOC4)s2)c1. The number of benzene rings is 1. The molecule has 2 bridgehead atoms. The van der Waals surface area contributed by atoms with E-state index in [1.54, 1.807) is 0 Å². The van der Waals surface area contributed by atoms with E-state index in [0.717, 1.165) is 32.8 Å². The number of hydrogen-bond donors (Lipinski definition) is 2. The van der Waals surface area contributed by atoms with E-state index < -0.39 is 11.9 Å². The molecule has 0 unspecified atom stereocenters. The second-order valence-electron chi connectivity index (χ2n) is 8.35. The van der Waals surface area contributed by atoms with Gasteiger partial charge >= 0.3 is 11.9 Å². The summed E-state index contributed by atoms with van der Waals surface area (Å²) >= 11 is 1.43. The highest BCUT2D eigenvalue weighted by atomic mass is 32.1. The Bertz CT molecular complexity index is 1180. The lowest BCUT2D eigenvalue weighted by Crippen LogP contribution is -2.14. The maximum Gasteiger partial charge on any atom is 0.335 e. The van der Waals surface area contributed by atoms with Crippen molar-refractivity contribution in [1.29, 1.82) is 0 Å². The Hall–Kier alpha value is -3.19. The topological polar surface area (TPSA) is 134 Å². The second kappa shape index (κ2) is 14.1. The molecule has 0 spiro atoms. The zero-order chi connectivity index (χ0) is 26.7. The summed E-state index contributed by atoms with van der Waals surface area (Å²) in [5, 5.41) is 18.8. The lowest BCUT2D eigenvalue weighted by atomic mass is 10.0. The van der Waals surface area contributed by atoms with Crippen LogP contribution in [0.1, 0.15) is 32.1 Å². The molecular weight excluding hydrogens is 514 g/mol. The molecule has 0 fully saturated rings. The molecule has 1 aliphatic rings. The number of hydrogen-bond acceptors (Lipinski definition) is 9. The van der Waals surface area contributed by atoms with Gasteiger partial charge < -0.3 is 33.9 Å². The molecule has 0 radical (unpaired) electrons. The van der Waals surface area contributed by atoms with Crippen molar-refractivity contribution >= 4 is 23.3 Å². The minimum absolute atomic E-state index is 0.0795. The van der Waals surface area contributed by atoms with E-state index in [9.17, 15) is 19.8 Å². The van der Waals surface area contributed by atoms with Gasteiger partial charge in [-0.1, -0.05) is 0 Å². The Kier molecular flexibility index (Phi) is 10.3. The minimum atomic E-state index is -1.18. The molecule has 2 N–H and O–H groups in total. The van der Waals surface area contributed by atoms with Crippen LogP contribution in [-0.4, -0.2) is 80.0 Å². The van der Waals surface area contributed by atoms with Crippen LogP contribution < -0.4 is 0 Å². The molecule has 3 heterocycles. The highest BCUT2D eigenvalue weighted by Gasteiger charge is 2.15. The van der Waals surface area contributed by atoms with E-state index in [-0.39, 0.29) is 11.1 Å². The van der Waals surface area contributed by atoms with Crippen LogP contribution >= 0.6 is 11.3 Å². The average molecular weight is 544 g/mol. The molecule has 0 saturated heterocycles. The Labute approximate surface area is 223 Å². The highest BCUT2D eigenvalue weighted by Crippen LogP contribution is 2.36. The van der Waals surface area contributed by atoms with Crippen LogP contribution in [0.15, 0.2) is 42.5 Å². The van der Waals surface area contributed by atoms with Gasteiger partial charge in [0.15, 0.2) is 0 Å². The number of fused-ring (bicyclic) bond motifs is 2. The molecule has 202 valence electrons. The van der Waals surface area contributed by atoms with Crippen molar-refractivity contribution in [2.45, 2.75) is 13.2 Å². The third-order valence-electron chi connectivity index (χ3n) is 5.52. The quantitative estimate of drug-likeness (QED) is 0.498. The van der Waals surface area contributed by atoms with Crippen molar-refractivity contribution in [3.05, 3.63) is 65.0 Å². The number of rotatable bonds is 4. The van der Waals surface area contributed by atoms with Gasteiger partial charge in [-0.2, -0.15) is 0 Å². The van der Waals surface area contributed by atoms with Crippen molar-refractivity contribution < 1.29 is 43.5 Å². The van der Waals surface area contributed by atoms with Gasteiger partial charge in [-0.3, -0.25) is 4.98 Å². The molecular formula is C27H29NO9S. The van der Waals surface area contributed by atoms with Crippen LogP contribution in [0.4, 0.5) is 0 Å². The van der Waals surface area contributed by atoms with Gasteiger partial charge in [-0.05, 0) is 53.6 Å². The molecule has 2 aromatic heterocycles. The molecule has 1 aliphatic heterocycles. The smallest absolute Gasteiger partial charge is 0.335 e. The standard InChI is InChI=1S/C27H29NO9S/c29-26(30)20-11-18(12-21(13-20)27(31)32)24-1-2-25(38-24)19-14-22-16-36-9-7-34-5-3-33-4-6-35-8-10-37-17-23(15-19)28-22/h1-2,11-15H,3-10,16-17H2,(H,29,30)(H,31,32). The largest absolute Gasteiger partial charge is 0.478 e. The van der Waals surface area contributed by atoms with Gasteiger partial charge in [0.25, 0.3) is 0 Å². The summed E-state index contributed by atoms with van der Waals surface area (Å²) in [7, 11) is 0. The van der Waals surface area contributed by atoms with Crippen LogP contribution in [-0.2, 0) is 36.9 Å². The normalized spacial score (nSPS) is 16.3. The lowest BCUT2D eigenvalue weighted by Gasteiger charge is -2.11. The predicted molar refractivity (Wildman–Crippen MR) is 139 cm³/mol. The van der Waals surface area contributed by atoms with E-state index >= 15 is 0 Å². The minimum Gasteiger partial charge on any atom is -0.478 e. The molecule has 10 nitrogen and oxygen atoms in total. The van der Waals surface area contributed by atoms with Crippen molar-refractivity contribution in [2.24, 2.45) is 0 Å². The first-order chi connectivity index (χ1) is 18.5. The average Bonchev–Trinajstić information content (AvgIpc) is 3.41. The van der Waals surface area contributed by atoms with Gasteiger partial charge in [-0.25, -0.2) is 9.59 Å². The van der Waals surface area contributed by atoms with Crippen LogP contribution in [0.2, 0.25) is 0 Å². The summed E-state index contributed by atoms with van der Waals surface area (Å²) in [4.78, 5) is 29.4. The van der Waals surface area contributed by atoms with Crippen molar-refractivity contribution in [3.63, 3.8) is 0 Å². The van der Waals surface area contributed by atoms with E-state index in [1.165, 1.54) is 23.5 Å². The Morgan fingerprint density at radius 1 is 0.605 bits per heavy atom. The summed E-state index contributed by atoms with van der Waals surface area (Å²) in [5.41, 5.74) is 2.74. The monoisotopic (exact) mass is 543 g/mol. The van der Waals surface area contributed by atoms with Crippen LogP contribution in [0.5, 0.6) is 0 Å². The number of carboxylic acid groups (broad SMARTS) is 2. The summed E-state index contributed by atoms with van der Waals surface area (Å²) in [6, 6.07) is 11.7. The molecule has 0 saturated carbocycles. The van der Waals surface area contributed by atoms with Crippen LogP contribution in [0.3, 0.4) is 0 Å². The highest BCUT2D eigenvalue weighted by molar-refractivity contribution is 7.18.